The van der Waals surface area contributed by atoms with Gasteiger partial charge < -0.3 is 13.9 Å². The topological polar surface area (TPSA) is 103 Å². The predicted molar refractivity (Wildman–Crippen MR) is 108 cm³/mol. The molecule has 2 aromatic carbocycles. The molecule has 10 heteroatoms. The van der Waals surface area contributed by atoms with Gasteiger partial charge in [0, 0.05) is 30.6 Å². The van der Waals surface area contributed by atoms with Gasteiger partial charge in [-0.15, -0.1) is 0 Å². The van der Waals surface area contributed by atoms with Gasteiger partial charge in [0.1, 0.15) is 22.0 Å². The van der Waals surface area contributed by atoms with Crippen molar-refractivity contribution >= 4 is 27.0 Å². The second kappa shape index (κ2) is 8.22. The smallest absolute Gasteiger partial charge is 0.343 e. The molecule has 8 nitrogen and oxygen atoms in total. The van der Waals surface area contributed by atoms with Crippen molar-refractivity contribution in [2.24, 2.45) is 0 Å². The minimum absolute atomic E-state index is 0.0909. The summed E-state index contributed by atoms with van der Waals surface area (Å²) in [7, 11) is -4.14. The van der Waals surface area contributed by atoms with E-state index < -0.39 is 32.3 Å². The number of fused-ring (bicyclic) bond motifs is 1. The highest BCUT2D eigenvalue weighted by atomic mass is 32.2. The van der Waals surface area contributed by atoms with Crippen LogP contribution in [0.3, 0.4) is 0 Å². The molecule has 1 aliphatic rings. The van der Waals surface area contributed by atoms with Crippen molar-refractivity contribution in [3.63, 3.8) is 0 Å². The molecule has 0 unspecified atom stereocenters. The fourth-order valence-corrected chi connectivity index (χ4v) is 4.79. The molecule has 1 aromatic heterocycles. The number of benzene rings is 2. The standard InChI is InChI=1S/C21H18FNO7S/c1-13-10-20(24)30-18-12-15(3-4-16(13)18)29-21(25)14-2-5-17(22)19(11-14)31(26,27)23-6-8-28-9-7-23/h2-5,10-12H,6-9H2,1H3. The molecule has 0 saturated carbocycles. The normalized spacial score (nSPS) is 15.2. The molecular formula is C21H18FNO7S. The van der Waals surface area contributed by atoms with E-state index in [4.69, 9.17) is 13.9 Å². The first-order chi connectivity index (χ1) is 14.8. The Hall–Kier alpha value is -3.08. The highest BCUT2D eigenvalue weighted by Crippen LogP contribution is 2.25. The van der Waals surface area contributed by atoms with Gasteiger partial charge in [-0.1, -0.05) is 0 Å². The Kier molecular flexibility index (Phi) is 5.61. The largest absolute Gasteiger partial charge is 0.423 e. The first-order valence-corrected chi connectivity index (χ1v) is 10.8. The lowest BCUT2D eigenvalue weighted by molar-refractivity contribution is 0.0726. The third-order valence-electron chi connectivity index (χ3n) is 4.89. The summed E-state index contributed by atoms with van der Waals surface area (Å²) in [5.74, 6) is -1.76. The number of halogens is 1. The zero-order chi connectivity index (χ0) is 22.2. The molecule has 1 aliphatic heterocycles. The number of hydrogen-bond donors (Lipinski definition) is 0. The van der Waals surface area contributed by atoms with E-state index in [-0.39, 0.29) is 43.2 Å². The molecule has 1 fully saturated rings. The van der Waals surface area contributed by atoms with Crippen molar-refractivity contribution in [1.82, 2.24) is 4.31 Å². The molecule has 31 heavy (non-hydrogen) atoms. The van der Waals surface area contributed by atoms with Crippen molar-refractivity contribution in [3.8, 4) is 5.75 Å². The van der Waals surface area contributed by atoms with E-state index in [9.17, 15) is 22.4 Å². The molecular weight excluding hydrogens is 429 g/mol. The number of carbonyl (C=O) groups is 1. The number of esters is 1. The molecule has 3 aromatic rings. The summed E-state index contributed by atoms with van der Waals surface area (Å²) in [6, 6.07) is 8.89. The van der Waals surface area contributed by atoms with Gasteiger partial charge in [-0.2, -0.15) is 4.31 Å². The van der Waals surface area contributed by atoms with Crippen molar-refractivity contribution in [3.05, 3.63) is 69.8 Å². The van der Waals surface area contributed by atoms with E-state index in [0.29, 0.717) is 10.9 Å². The van der Waals surface area contributed by atoms with Crippen molar-refractivity contribution in [2.75, 3.05) is 26.3 Å². The number of nitrogens with zero attached hydrogens (tertiary/aromatic N) is 1. The summed E-state index contributed by atoms with van der Waals surface area (Å²) in [5.41, 5.74) is 0.273. The van der Waals surface area contributed by atoms with E-state index >= 15 is 0 Å². The second-order valence-electron chi connectivity index (χ2n) is 6.96. The zero-order valence-electron chi connectivity index (χ0n) is 16.5. The third kappa shape index (κ3) is 4.22. The number of carbonyl (C=O) groups excluding carboxylic acids is 1. The Bertz CT molecular complexity index is 1330. The number of hydrogen-bond acceptors (Lipinski definition) is 7. The van der Waals surface area contributed by atoms with Crippen molar-refractivity contribution < 1.29 is 31.5 Å². The first kappa shape index (κ1) is 21.2. The van der Waals surface area contributed by atoms with Gasteiger partial charge >= 0.3 is 11.6 Å². The van der Waals surface area contributed by atoms with Crippen LogP contribution < -0.4 is 10.4 Å². The molecule has 0 radical (unpaired) electrons. The van der Waals surface area contributed by atoms with Crippen molar-refractivity contribution in [1.29, 1.82) is 0 Å². The van der Waals surface area contributed by atoms with Gasteiger partial charge in [-0.25, -0.2) is 22.4 Å². The monoisotopic (exact) mass is 447 g/mol. The Morgan fingerprint density at radius 1 is 1.10 bits per heavy atom. The van der Waals surface area contributed by atoms with Crippen molar-refractivity contribution in [2.45, 2.75) is 11.8 Å². The lowest BCUT2D eigenvalue weighted by atomic mass is 10.1. The van der Waals surface area contributed by atoms with Crippen LogP contribution >= 0.6 is 0 Å². The van der Waals surface area contributed by atoms with Crippen LogP contribution in [0.2, 0.25) is 0 Å². The van der Waals surface area contributed by atoms with E-state index in [2.05, 4.69) is 0 Å². The summed E-state index contributed by atoms with van der Waals surface area (Å²) >= 11 is 0. The van der Waals surface area contributed by atoms with Gasteiger partial charge in [-0.05, 0) is 42.8 Å². The van der Waals surface area contributed by atoms with Gasteiger partial charge in [0.05, 0.1) is 18.8 Å². The molecule has 0 bridgehead atoms. The highest BCUT2D eigenvalue weighted by Gasteiger charge is 2.30. The van der Waals surface area contributed by atoms with E-state index in [1.807, 2.05) is 0 Å². The van der Waals surface area contributed by atoms with E-state index in [0.717, 1.165) is 22.5 Å². The predicted octanol–water partition coefficient (Wildman–Crippen LogP) is 2.48. The number of morpholine rings is 1. The average Bonchev–Trinajstić information content (AvgIpc) is 2.74. The lowest BCUT2D eigenvalue weighted by Crippen LogP contribution is -2.41. The average molecular weight is 447 g/mol. The number of rotatable bonds is 4. The number of ether oxygens (including phenoxy) is 2. The molecule has 0 spiro atoms. The van der Waals surface area contributed by atoms with Crippen LogP contribution in [-0.2, 0) is 14.8 Å². The van der Waals surface area contributed by atoms with Crippen LogP contribution in [0.25, 0.3) is 11.0 Å². The molecule has 0 atom stereocenters. The molecule has 0 amide bonds. The quantitative estimate of drug-likeness (QED) is 0.344. The molecule has 1 saturated heterocycles. The SMILES string of the molecule is Cc1cc(=O)oc2cc(OC(=O)c3ccc(F)c(S(=O)(=O)N4CCOCC4)c3)ccc12. The van der Waals surface area contributed by atoms with Gasteiger partial charge in [-0.3, -0.25) is 0 Å². The summed E-state index contributed by atoms with van der Waals surface area (Å²) in [6.07, 6.45) is 0. The van der Waals surface area contributed by atoms with Gasteiger partial charge in [0.25, 0.3) is 0 Å². The van der Waals surface area contributed by atoms with Crippen LogP contribution in [0.5, 0.6) is 5.75 Å². The maximum Gasteiger partial charge on any atom is 0.343 e. The molecule has 2 heterocycles. The Balaban J connectivity index is 1.63. The third-order valence-corrected chi connectivity index (χ3v) is 6.80. The molecule has 162 valence electrons. The van der Waals surface area contributed by atoms with Crippen LogP contribution in [-0.4, -0.2) is 45.0 Å². The summed E-state index contributed by atoms with van der Waals surface area (Å²) < 4.78 is 56.6. The fourth-order valence-electron chi connectivity index (χ4n) is 3.29. The van der Waals surface area contributed by atoms with Crippen LogP contribution in [0.4, 0.5) is 4.39 Å². The Morgan fingerprint density at radius 2 is 1.84 bits per heavy atom. The number of sulfonamides is 1. The maximum absolute atomic E-state index is 14.3. The van der Waals surface area contributed by atoms with E-state index in [1.165, 1.54) is 18.2 Å². The molecule has 0 aliphatic carbocycles. The fraction of sp³-hybridized carbons (Fsp3) is 0.238. The first-order valence-electron chi connectivity index (χ1n) is 9.40. The summed E-state index contributed by atoms with van der Waals surface area (Å²) in [5, 5.41) is 0.681. The van der Waals surface area contributed by atoms with Crippen LogP contribution in [0, 0.1) is 12.7 Å². The zero-order valence-corrected chi connectivity index (χ0v) is 17.3. The second-order valence-corrected chi connectivity index (χ2v) is 8.86. The lowest BCUT2D eigenvalue weighted by Gasteiger charge is -2.26. The van der Waals surface area contributed by atoms with Gasteiger partial charge in [0.15, 0.2) is 0 Å². The van der Waals surface area contributed by atoms with Crippen LogP contribution in [0.15, 0.2) is 56.6 Å². The molecule has 0 N–H and O–H groups in total. The minimum Gasteiger partial charge on any atom is -0.423 e. The Labute approximate surface area is 176 Å². The molecule has 4 rings (SSSR count). The minimum atomic E-state index is -4.14. The van der Waals surface area contributed by atoms with Crippen LogP contribution in [0.1, 0.15) is 15.9 Å². The number of aryl methyl sites for hydroxylation is 1. The highest BCUT2D eigenvalue weighted by molar-refractivity contribution is 7.89. The van der Waals surface area contributed by atoms with E-state index in [1.54, 1.807) is 13.0 Å². The Morgan fingerprint density at radius 3 is 2.58 bits per heavy atom. The maximum atomic E-state index is 14.3. The summed E-state index contributed by atoms with van der Waals surface area (Å²) in [4.78, 5) is 23.6. The summed E-state index contributed by atoms with van der Waals surface area (Å²) in [6.45, 7) is 2.36. The van der Waals surface area contributed by atoms with Gasteiger partial charge in [0.2, 0.25) is 10.0 Å².